The second-order valence-corrected chi connectivity index (χ2v) is 5.64. The first-order chi connectivity index (χ1) is 9.19. The van der Waals surface area contributed by atoms with Crippen molar-refractivity contribution in [3.8, 4) is 0 Å². The summed E-state index contributed by atoms with van der Waals surface area (Å²) in [6.45, 7) is 6.84. The molecule has 0 bridgehead atoms. The summed E-state index contributed by atoms with van der Waals surface area (Å²) < 4.78 is 2.17. The molecule has 0 radical (unpaired) electrons. The fourth-order valence-corrected chi connectivity index (χ4v) is 2.94. The Hall–Kier alpha value is -1.55. The van der Waals surface area contributed by atoms with Gasteiger partial charge >= 0.3 is 0 Å². The largest absolute Gasteiger partial charge is 0.371 e. The number of rotatable bonds is 3. The van der Waals surface area contributed by atoms with Gasteiger partial charge in [-0.2, -0.15) is 0 Å². The number of aromatic nitrogens is 2. The van der Waals surface area contributed by atoms with Crippen LogP contribution in [0.2, 0.25) is 0 Å². The lowest BCUT2D eigenvalue weighted by Gasteiger charge is -2.20. The molecule has 0 spiro atoms. The van der Waals surface area contributed by atoms with Gasteiger partial charge in [0.15, 0.2) is 0 Å². The molecular formula is C15H22N4. The zero-order valence-corrected chi connectivity index (χ0v) is 11.9. The Morgan fingerprint density at radius 2 is 2.26 bits per heavy atom. The van der Waals surface area contributed by atoms with Gasteiger partial charge in [0, 0.05) is 37.9 Å². The maximum absolute atomic E-state index is 4.81. The standard InChI is InChI=1S/C15H22N4/c1-11(2)18-8-6-12(9-18)13-10-19-7-4-5-14(19)15(16-3)17-13/h4-5,7,10-12H,6,8-9H2,1-3H3,(H,16,17)/t12-/m1/s1. The summed E-state index contributed by atoms with van der Waals surface area (Å²) in [6.07, 6.45) is 5.49. The molecule has 0 aromatic carbocycles. The van der Waals surface area contributed by atoms with Crippen molar-refractivity contribution < 1.29 is 0 Å². The van der Waals surface area contributed by atoms with Gasteiger partial charge in [0.1, 0.15) is 5.82 Å². The molecule has 1 fully saturated rings. The SMILES string of the molecule is CNc1nc([C@@H]2CCN(C(C)C)C2)cn2cccc12. The highest BCUT2D eigenvalue weighted by Crippen LogP contribution is 2.29. The smallest absolute Gasteiger partial charge is 0.150 e. The summed E-state index contributed by atoms with van der Waals surface area (Å²) in [5.74, 6) is 1.53. The lowest BCUT2D eigenvalue weighted by Crippen LogP contribution is -2.28. The summed E-state index contributed by atoms with van der Waals surface area (Å²) in [5, 5.41) is 3.21. The zero-order valence-electron chi connectivity index (χ0n) is 11.9. The summed E-state index contributed by atoms with van der Waals surface area (Å²) >= 11 is 0. The Balaban J connectivity index is 1.93. The van der Waals surface area contributed by atoms with Crippen LogP contribution >= 0.6 is 0 Å². The van der Waals surface area contributed by atoms with Crippen LogP contribution in [0.1, 0.15) is 31.9 Å². The highest BCUT2D eigenvalue weighted by atomic mass is 15.2. The highest BCUT2D eigenvalue weighted by Gasteiger charge is 2.27. The van der Waals surface area contributed by atoms with Crippen LogP contribution in [0.25, 0.3) is 5.52 Å². The third-order valence-electron chi connectivity index (χ3n) is 4.14. The van der Waals surface area contributed by atoms with Crippen LogP contribution < -0.4 is 5.32 Å². The zero-order chi connectivity index (χ0) is 13.4. The monoisotopic (exact) mass is 258 g/mol. The fourth-order valence-electron chi connectivity index (χ4n) is 2.94. The number of nitrogens with one attached hydrogen (secondary N) is 1. The molecule has 3 rings (SSSR count). The number of likely N-dealkylation sites (tertiary alicyclic amines) is 1. The minimum atomic E-state index is 0.557. The summed E-state index contributed by atoms with van der Waals surface area (Å²) in [5.41, 5.74) is 2.35. The van der Waals surface area contributed by atoms with E-state index >= 15 is 0 Å². The van der Waals surface area contributed by atoms with Crippen molar-refractivity contribution in [1.82, 2.24) is 14.3 Å². The molecule has 1 saturated heterocycles. The van der Waals surface area contributed by atoms with Crippen LogP contribution in [0, 0.1) is 0 Å². The van der Waals surface area contributed by atoms with Gasteiger partial charge in [-0.15, -0.1) is 0 Å². The normalized spacial score (nSPS) is 20.5. The van der Waals surface area contributed by atoms with Crippen molar-refractivity contribution in [1.29, 1.82) is 0 Å². The molecule has 0 saturated carbocycles. The minimum absolute atomic E-state index is 0.557. The van der Waals surface area contributed by atoms with Crippen molar-refractivity contribution in [3.63, 3.8) is 0 Å². The Morgan fingerprint density at radius 1 is 1.42 bits per heavy atom. The fraction of sp³-hybridized carbons (Fsp3) is 0.533. The number of nitrogens with zero attached hydrogens (tertiary/aromatic N) is 3. The van der Waals surface area contributed by atoms with Crippen LogP contribution in [0.15, 0.2) is 24.5 Å². The predicted molar refractivity (Wildman–Crippen MR) is 78.8 cm³/mol. The Bertz CT molecular complexity index is 573. The Labute approximate surface area is 114 Å². The van der Waals surface area contributed by atoms with E-state index in [1.165, 1.54) is 18.7 Å². The topological polar surface area (TPSA) is 32.6 Å². The number of hydrogen-bond donors (Lipinski definition) is 1. The van der Waals surface area contributed by atoms with E-state index in [1.807, 2.05) is 7.05 Å². The van der Waals surface area contributed by atoms with E-state index in [0.717, 1.165) is 17.9 Å². The number of anilines is 1. The maximum Gasteiger partial charge on any atom is 0.150 e. The van der Waals surface area contributed by atoms with Crippen LogP contribution in [-0.4, -0.2) is 40.5 Å². The molecule has 0 unspecified atom stereocenters. The Kier molecular flexibility index (Phi) is 3.19. The summed E-state index contributed by atoms with van der Waals surface area (Å²) in [7, 11) is 1.94. The van der Waals surface area contributed by atoms with E-state index in [1.54, 1.807) is 0 Å². The molecule has 0 aliphatic carbocycles. The molecule has 1 atom stereocenters. The average molecular weight is 258 g/mol. The van der Waals surface area contributed by atoms with E-state index in [9.17, 15) is 0 Å². The van der Waals surface area contributed by atoms with Gasteiger partial charge in [-0.1, -0.05) is 0 Å². The molecule has 19 heavy (non-hydrogen) atoms. The van der Waals surface area contributed by atoms with Crippen molar-refractivity contribution in [3.05, 3.63) is 30.2 Å². The first-order valence-electron chi connectivity index (χ1n) is 7.08. The summed E-state index contributed by atoms with van der Waals surface area (Å²) in [6, 6.07) is 4.79. The third kappa shape index (κ3) is 2.21. The number of fused-ring (bicyclic) bond motifs is 1. The summed E-state index contributed by atoms with van der Waals surface area (Å²) in [4.78, 5) is 7.34. The van der Waals surface area contributed by atoms with Crippen LogP contribution in [0.3, 0.4) is 0 Å². The molecule has 1 N–H and O–H groups in total. The molecular weight excluding hydrogens is 236 g/mol. The van der Waals surface area contributed by atoms with E-state index < -0.39 is 0 Å². The van der Waals surface area contributed by atoms with Gasteiger partial charge < -0.3 is 14.6 Å². The van der Waals surface area contributed by atoms with Crippen molar-refractivity contribution >= 4 is 11.3 Å². The first kappa shape index (κ1) is 12.5. The third-order valence-corrected chi connectivity index (χ3v) is 4.14. The lowest BCUT2D eigenvalue weighted by molar-refractivity contribution is 0.272. The average Bonchev–Trinajstić information content (AvgIpc) is 3.05. The van der Waals surface area contributed by atoms with E-state index in [0.29, 0.717) is 12.0 Å². The molecule has 1 aliphatic rings. The molecule has 102 valence electrons. The predicted octanol–water partition coefficient (Wildman–Crippen LogP) is 2.57. The molecule has 2 aromatic rings. The van der Waals surface area contributed by atoms with E-state index in [-0.39, 0.29) is 0 Å². The van der Waals surface area contributed by atoms with Crippen LogP contribution in [0.4, 0.5) is 5.82 Å². The molecule has 3 heterocycles. The van der Waals surface area contributed by atoms with Crippen molar-refractivity contribution in [2.45, 2.75) is 32.2 Å². The highest BCUT2D eigenvalue weighted by molar-refractivity contribution is 5.68. The molecule has 1 aliphatic heterocycles. The minimum Gasteiger partial charge on any atom is -0.371 e. The molecule has 4 nitrogen and oxygen atoms in total. The molecule has 4 heteroatoms. The van der Waals surface area contributed by atoms with Gasteiger partial charge in [0.05, 0.1) is 11.2 Å². The van der Waals surface area contributed by atoms with E-state index in [2.05, 4.69) is 53.0 Å². The maximum atomic E-state index is 4.81. The quantitative estimate of drug-likeness (QED) is 0.918. The van der Waals surface area contributed by atoms with Gasteiger partial charge in [0.25, 0.3) is 0 Å². The van der Waals surface area contributed by atoms with Crippen LogP contribution in [0.5, 0.6) is 0 Å². The van der Waals surface area contributed by atoms with Crippen LogP contribution in [-0.2, 0) is 0 Å². The molecule has 0 amide bonds. The number of hydrogen-bond acceptors (Lipinski definition) is 3. The van der Waals surface area contributed by atoms with Gasteiger partial charge in [0.2, 0.25) is 0 Å². The van der Waals surface area contributed by atoms with Crippen molar-refractivity contribution in [2.24, 2.45) is 0 Å². The van der Waals surface area contributed by atoms with Gasteiger partial charge in [-0.05, 0) is 38.9 Å². The second-order valence-electron chi connectivity index (χ2n) is 5.64. The lowest BCUT2D eigenvalue weighted by atomic mass is 10.1. The van der Waals surface area contributed by atoms with E-state index in [4.69, 9.17) is 4.98 Å². The Morgan fingerprint density at radius 3 is 2.95 bits per heavy atom. The van der Waals surface area contributed by atoms with Crippen molar-refractivity contribution in [2.75, 3.05) is 25.5 Å². The second kappa shape index (κ2) is 4.85. The van der Waals surface area contributed by atoms with Gasteiger partial charge in [-0.25, -0.2) is 4.98 Å². The first-order valence-corrected chi connectivity index (χ1v) is 7.08. The van der Waals surface area contributed by atoms with Gasteiger partial charge in [-0.3, -0.25) is 0 Å². The molecule has 2 aromatic heterocycles.